The van der Waals surface area contributed by atoms with Crippen molar-refractivity contribution in [3.63, 3.8) is 0 Å². The molecular weight excluding hydrogens is 584 g/mol. The lowest BCUT2D eigenvalue weighted by atomic mass is 9.78. The van der Waals surface area contributed by atoms with Gasteiger partial charge in [0.2, 0.25) is 0 Å². The van der Waals surface area contributed by atoms with Crippen LogP contribution in [0.2, 0.25) is 0 Å². The highest BCUT2D eigenvalue weighted by atomic mass is 16.8. The fraction of sp³-hybridized carbons (Fsp3) is 1.00. The molecule has 8 heteroatoms. The van der Waals surface area contributed by atoms with Gasteiger partial charge in [0.1, 0.15) is 18.3 Å². The van der Waals surface area contributed by atoms with E-state index in [1.165, 1.54) is 0 Å². The summed E-state index contributed by atoms with van der Waals surface area (Å²) in [5.74, 6) is 2.76. The smallest absolute Gasteiger partial charge is 0.185 e. The molecule has 46 heavy (non-hydrogen) atoms. The Labute approximate surface area is 281 Å². The van der Waals surface area contributed by atoms with Gasteiger partial charge in [-0.15, -0.1) is 0 Å². The topological polar surface area (TPSA) is 73.8 Å². The summed E-state index contributed by atoms with van der Waals surface area (Å²) in [5.41, 5.74) is 0. The first-order chi connectivity index (χ1) is 21.8. The number of rotatable bonds is 11. The Morgan fingerprint density at radius 1 is 0.348 bits per heavy atom. The molecule has 270 valence electrons. The molecule has 4 fully saturated rings. The first kappa shape index (κ1) is 38.5. The van der Waals surface area contributed by atoms with E-state index in [0.29, 0.717) is 23.7 Å². The molecular formula is C38H70O8. The maximum absolute atomic E-state index is 7.14. The first-order valence-electron chi connectivity index (χ1n) is 18.9. The average Bonchev–Trinajstić information content (AvgIpc) is 3.05. The van der Waals surface area contributed by atoms with Crippen LogP contribution in [0, 0.1) is 53.3 Å². The predicted molar refractivity (Wildman–Crippen MR) is 180 cm³/mol. The zero-order valence-corrected chi connectivity index (χ0v) is 31.6. The van der Waals surface area contributed by atoms with Crippen LogP contribution in [0.3, 0.4) is 0 Å². The highest BCUT2D eigenvalue weighted by molar-refractivity contribution is 4.93. The molecule has 0 saturated carbocycles. The van der Waals surface area contributed by atoms with Gasteiger partial charge in [0.15, 0.2) is 25.2 Å². The molecule has 4 aliphatic heterocycles. The van der Waals surface area contributed by atoms with Crippen molar-refractivity contribution in [1.82, 2.24) is 0 Å². The number of hydrogen-bond acceptors (Lipinski definition) is 8. The maximum Gasteiger partial charge on any atom is 0.185 e. The van der Waals surface area contributed by atoms with Gasteiger partial charge in [0, 0.05) is 13.0 Å². The molecule has 0 N–H and O–H groups in total. The molecule has 0 spiro atoms. The molecule has 4 aliphatic rings. The van der Waals surface area contributed by atoms with Gasteiger partial charge >= 0.3 is 0 Å². The van der Waals surface area contributed by atoms with E-state index in [2.05, 4.69) is 90.0 Å². The molecule has 0 aromatic carbocycles. The summed E-state index contributed by atoms with van der Waals surface area (Å²) >= 11 is 0. The molecule has 4 rings (SSSR count). The van der Waals surface area contributed by atoms with Gasteiger partial charge in [0.05, 0.1) is 24.4 Å². The Hall–Kier alpha value is -0.320. The second kappa shape index (κ2) is 16.6. The van der Waals surface area contributed by atoms with E-state index >= 15 is 0 Å². The first-order valence-corrected chi connectivity index (χ1v) is 18.9. The average molecular weight is 655 g/mol. The largest absolute Gasteiger partial charge is 0.353 e. The van der Waals surface area contributed by atoms with Crippen LogP contribution >= 0.6 is 0 Å². The van der Waals surface area contributed by atoms with Gasteiger partial charge in [-0.25, -0.2) is 0 Å². The van der Waals surface area contributed by atoms with E-state index in [1.54, 1.807) is 7.11 Å². The van der Waals surface area contributed by atoms with Crippen molar-refractivity contribution in [3.8, 4) is 0 Å². The number of methoxy groups -OCH3 is 1. The monoisotopic (exact) mass is 655 g/mol. The van der Waals surface area contributed by atoms with E-state index in [0.717, 1.165) is 25.7 Å². The van der Waals surface area contributed by atoms with Gasteiger partial charge in [-0.05, 0) is 73.0 Å². The van der Waals surface area contributed by atoms with Gasteiger partial charge in [-0.1, -0.05) is 90.0 Å². The quantitative estimate of drug-likeness (QED) is 0.222. The van der Waals surface area contributed by atoms with Gasteiger partial charge in [-0.3, -0.25) is 0 Å². The minimum absolute atomic E-state index is 0.0640. The minimum atomic E-state index is -0.593. The third kappa shape index (κ3) is 7.70. The lowest BCUT2D eigenvalue weighted by Crippen LogP contribution is -2.60. The molecule has 0 bridgehead atoms. The molecule has 0 aromatic heterocycles. The summed E-state index contributed by atoms with van der Waals surface area (Å²) in [5, 5.41) is 0. The van der Waals surface area contributed by atoms with Gasteiger partial charge in [0.25, 0.3) is 0 Å². The third-order valence-electron chi connectivity index (χ3n) is 13.2. The van der Waals surface area contributed by atoms with Crippen molar-refractivity contribution in [1.29, 1.82) is 0 Å². The Morgan fingerprint density at radius 3 is 0.978 bits per heavy atom. The third-order valence-corrected chi connectivity index (χ3v) is 13.2. The Morgan fingerprint density at radius 2 is 0.630 bits per heavy atom. The van der Waals surface area contributed by atoms with E-state index in [4.69, 9.17) is 37.9 Å². The van der Waals surface area contributed by atoms with Crippen LogP contribution in [0.4, 0.5) is 0 Å². The second-order valence-corrected chi connectivity index (χ2v) is 15.6. The maximum atomic E-state index is 7.14. The lowest BCUT2D eigenvalue weighted by Gasteiger charge is -2.52. The summed E-state index contributed by atoms with van der Waals surface area (Å²) in [6, 6.07) is 0. The number of hydrogen-bond donors (Lipinski definition) is 0. The molecule has 4 saturated heterocycles. The second-order valence-electron chi connectivity index (χ2n) is 15.6. The zero-order valence-electron chi connectivity index (χ0n) is 31.6. The van der Waals surface area contributed by atoms with E-state index in [-0.39, 0.29) is 78.6 Å². The molecule has 0 radical (unpaired) electrons. The highest BCUT2D eigenvalue weighted by Crippen LogP contribution is 2.44. The Bertz CT molecular complexity index is 915. The fourth-order valence-electron chi connectivity index (χ4n) is 8.73. The highest BCUT2D eigenvalue weighted by Gasteiger charge is 2.52. The van der Waals surface area contributed by atoms with Crippen molar-refractivity contribution in [2.24, 2.45) is 53.3 Å². The summed E-state index contributed by atoms with van der Waals surface area (Å²) in [6.45, 7) is 29.3. The van der Waals surface area contributed by atoms with Crippen LogP contribution in [-0.2, 0) is 37.9 Å². The molecule has 0 aromatic rings. The molecule has 4 heterocycles. The molecule has 8 nitrogen and oxygen atoms in total. The van der Waals surface area contributed by atoms with E-state index < -0.39 is 18.9 Å². The predicted octanol–water partition coefficient (Wildman–Crippen LogP) is 8.05. The van der Waals surface area contributed by atoms with Crippen LogP contribution in [-0.4, -0.2) is 75.0 Å². The summed E-state index contributed by atoms with van der Waals surface area (Å²) in [4.78, 5) is 0. The lowest BCUT2D eigenvalue weighted by molar-refractivity contribution is -0.385. The van der Waals surface area contributed by atoms with Crippen molar-refractivity contribution >= 4 is 0 Å². The SMILES string of the molecule is CCC1O[C@H](OC2[C@@H](OC3[C@@H](OC4[C@@H](OC)OC(CC)[C@@H](C)[C@@H]4C)OC(CC)[C@@H](C)[C@@H]3C)OC(CC)[C@@H](C)[C@@H]2C)C(C)[C@@H](C)[C@@H]1C. The van der Waals surface area contributed by atoms with Crippen molar-refractivity contribution in [2.45, 2.75) is 184 Å². The van der Waals surface area contributed by atoms with Crippen LogP contribution in [0.25, 0.3) is 0 Å². The standard InChI is InChI=1S/C38H70O8/c1-15-28-20(6)19(5)27(13)35(40-28)44-33-25(11)22(8)30(17-3)42-37(33)46-34-26(12)23(9)31(18-4)43-38(34)45-32-24(10)21(7)29(16-2)41-36(32)39-14/h19-38H,15-18H2,1-14H3/t19-,20-,21-,22-,23-,24-,25-,26-,27?,28?,29?,30?,31?,32?,33?,34?,35+,36-,37+,38+/m0/s1. The van der Waals surface area contributed by atoms with Crippen LogP contribution in [0.15, 0.2) is 0 Å². The van der Waals surface area contributed by atoms with Crippen molar-refractivity contribution in [2.75, 3.05) is 7.11 Å². The molecule has 8 unspecified atom stereocenters. The summed E-state index contributed by atoms with van der Waals surface area (Å²) in [6.07, 6.45) is 1.29. The van der Waals surface area contributed by atoms with Crippen molar-refractivity contribution < 1.29 is 37.9 Å². The van der Waals surface area contributed by atoms with E-state index in [1.807, 2.05) is 0 Å². The van der Waals surface area contributed by atoms with Crippen LogP contribution < -0.4 is 0 Å². The minimum Gasteiger partial charge on any atom is -0.353 e. The van der Waals surface area contributed by atoms with Gasteiger partial charge < -0.3 is 37.9 Å². The summed E-state index contributed by atoms with van der Waals surface area (Å²) < 4.78 is 53.7. The molecule has 0 aliphatic carbocycles. The zero-order chi connectivity index (χ0) is 34.0. The van der Waals surface area contributed by atoms with E-state index in [9.17, 15) is 0 Å². The molecule has 20 atom stereocenters. The Kier molecular flexibility index (Phi) is 13.9. The fourth-order valence-corrected chi connectivity index (χ4v) is 8.73. The van der Waals surface area contributed by atoms with Crippen molar-refractivity contribution in [3.05, 3.63) is 0 Å². The number of ether oxygens (including phenoxy) is 8. The normalized spacial score (nSPS) is 52.0. The van der Waals surface area contributed by atoms with Crippen LogP contribution in [0.5, 0.6) is 0 Å². The van der Waals surface area contributed by atoms with Gasteiger partial charge in [-0.2, -0.15) is 0 Å². The summed E-state index contributed by atoms with van der Waals surface area (Å²) in [7, 11) is 1.70. The Balaban J connectivity index is 1.63. The van der Waals surface area contributed by atoms with Crippen LogP contribution in [0.1, 0.15) is 116 Å². The molecule has 0 amide bonds.